The van der Waals surface area contributed by atoms with Gasteiger partial charge >= 0.3 is 0 Å². The molecule has 4 saturated heterocycles. The molecule has 10 fully saturated rings. The fourth-order valence-electron chi connectivity index (χ4n) is 21.9. The summed E-state index contributed by atoms with van der Waals surface area (Å²) < 4.78 is 113. The Hall–Kier alpha value is -10.4. The fourth-order valence-corrected chi connectivity index (χ4v) is 28.8. The monoisotopic (exact) mass is 1940 g/mol. The van der Waals surface area contributed by atoms with Gasteiger partial charge in [0.2, 0.25) is 63.9 Å². The lowest BCUT2D eigenvalue weighted by Crippen LogP contribution is -2.56. The fraction of sp³-hybridized carbons (Fsp3) is 0.475. The molecule has 5 aromatic heterocycles. The van der Waals surface area contributed by atoms with E-state index >= 15 is 0 Å². The Labute approximate surface area is 804 Å². The van der Waals surface area contributed by atoms with Gasteiger partial charge in [-0.15, -0.1) is 0 Å². The smallest absolute Gasteiger partial charge is 0.243 e. The van der Waals surface area contributed by atoms with E-state index in [4.69, 9.17) is 51.5 Å². The lowest BCUT2D eigenvalue weighted by molar-refractivity contribution is 0.0702. The molecule has 136 heavy (non-hydrogen) atoms. The highest BCUT2D eigenvalue weighted by molar-refractivity contribution is 7.90. The first-order valence-corrected chi connectivity index (χ1v) is 55.3. The average molecular weight is 1940 g/mol. The minimum absolute atomic E-state index is 0.227. The number of benzene rings is 7. The maximum absolute atomic E-state index is 14.0. The third-order valence-corrected chi connectivity index (χ3v) is 37.8. The van der Waals surface area contributed by atoms with E-state index in [9.17, 15) is 33.7 Å². The number of rotatable bonds is 21. The number of aromatic nitrogens is 9. The first kappa shape index (κ1) is 94.6. The second kappa shape index (κ2) is 42.1. The third-order valence-electron chi connectivity index (χ3n) is 29.3. The molecule has 9 heterocycles. The van der Waals surface area contributed by atoms with E-state index in [1.165, 1.54) is 94.2 Å². The molecule has 4 N–H and O–H groups in total. The summed E-state index contributed by atoms with van der Waals surface area (Å²) in [5.74, 6) is 7.00. The van der Waals surface area contributed by atoms with Crippen LogP contribution in [0.5, 0.6) is 0 Å². The van der Waals surface area contributed by atoms with Crippen LogP contribution in [-0.4, -0.2) is 255 Å². The molecular formula is C101H125ClN22O8S4. The number of para-hydroxylation sites is 4. The van der Waals surface area contributed by atoms with Gasteiger partial charge in [0.25, 0.3) is 0 Å². The molecule has 35 heteroatoms. The summed E-state index contributed by atoms with van der Waals surface area (Å²) in [6, 6.07) is 56.7. The van der Waals surface area contributed by atoms with Crippen molar-refractivity contribution in [1.82, 2.24) is 67.0 Å². The number of halogens is 1. The number of fused-ring (bicyclic) bond motifs is 6. The van der Waals surface area contributed by atoms with E-state index in [1.807, 2.05) is 91.0 Å². The first-order chi connectivity index (χ1) is 66.1. The standard InChI is InChI=1S/C29H44N6O2S.C26H28N6O2S.C23H26ClN5O2S.C23H27N5O2S/c1-33(2)26-15-7-13-23-22(26)12-8-16-27(23)38(36,37)35-19-17-34(18-20-35)29-31-25-14-6-5-11-24(25)28(32-29)30-21-9-3-4-10-21;33-35(34,24-11-5-6-19-18-27-13-12-21(19)24)32-16-14-31(15-17-32)26-29-23-10-4-3-9-22(23)25(30-26)28-20-7-1-2-8-20;24-17-9-11-19(12-10-17)32(30,31)29-15-13-28(14-16-29)23-26-21-8-4-3-7-20(21)22(27-23)25-18-5-1-2-6-18;29-31(30,19-10-2-1-3-11-19)28-16-14-27(15-17-28)23-25-21-13-7-6-12-20(21)22(26-23)24-18-8-4-5-9-18/h5-6,11,14,21-23,26-27H,3-4,7-10,12-13,15-20H2,1-2H3,(H,30,31,32);3-6,9-13,18,20H,1-2,7-8,14-17H2,(H,28,29,30);3-4,7-12,18H,1-2,5-6,13-16H2,(H,25,26,27);1-3,6-7,10-13,18H,4-5,8-9,14-17H2,(H,24,25,26). The van der Waals surface area contributed by atoms with Crippen LogP contribution in [0.4, 0.5) is 47.1 Å². The second-order valence-electron chi connectivity index (χ2n) is 38.0. The molecule has 30 nitrogen and oxygen atoms in total. The van der Waals surface area contributed by atoms with E-state index < -0.39 is 40.1 Å². The van der Waals surface area contributed by atoms with Crippen LogP contribution < -0.4 is 40.9 Å². The van der Waals surface area contributed by atoms with Crippen LogP contribution in [0.25, 0.3) is 54.4 Å². The Balaban J connectivity index is 0.000000117. The Morgan fingerprint density at radius 2 is 0.647 bits per heavy atom. The Bertz CT molecular complexity index is 6650. The third kappa shape index (κ3) is 21.1. The van der Waals surface area contributed by atoms with Crippen LogP contribution >= 0.6 is 11.6 Å². The highest BCUT2D eigenvalue weighted by atomic mass is 35.5. The summed E-state index contributed by atoms with van der Waals surface area (Å²) in [5, 5.41) is 20.5. The molecule has 4 aliphatic heterocycles. The van der Waals surface area contributed by atoms with Crippen molar-refractivity contribution in [1.29, 1.82) is 0 Å². The molecule has 0 radical (unpaired) electrons. The van der Waals surface area contributed by atoms with Gasteiger partial charge in [-0.2, -0.15) is 37.2 Å². The van der Waals surface area contributed by atoms with Crippen molar-refractivity contribution < 1.29 is 33.7 Å². The zero-order valence-corrected chi connectivity index (χ0v) is 81.7. The Morgan fingerprint density at radius 3 is 1.03 bits per heavy atom. The van der Waals surface area contributed by atoms with Gasteiger partial charge in [0, 0.05) is 185 Å². The van der Waals surface area contributed by atoms with Gasteiger partial charge < -0.3 is 45.8 Å². The molecule has 4 atom stereocenters. The van der Waals surface area contributed by atoms with Gasteiger partial charge in [0.05, 0.1) is 42.0 Å². The van der Waals surface area contributed by atoms with Gasteiger partial charge in [0.15, 0.2) is 0 Å². The van der Waals surface area contributed by atoms with Gasteiger partial charge in [-0.25, -0.2) is 53.6 Å². The number of hydrogen-bond donors (Lipinski definition) is 4. The lowest BCUT2D eigenvalue weighted by atomic mass is 9.68. The van der Waals surface area contributed by atoms with Gasteiger partial charge in [-0.1, -0.05) is 155 Å². The zero-order valence-electron chi connectivity index (χ0n) is 77.7. The van der Waals surface area contributed by atoms with Crippen LogP contribution in [0.3, 0.4) is 0 Å². The molecule has 718 valence electrons. The maximum Gasteiger partial charge on any atom is 0.243 e. The zero-order chi connectivity index (χ0) is 93.5. The molecular weight excluding hydrogens is 1810 g/mol. The number of nitrogens with zero attached hydrogens (tertiary/aromatic N) is 18. The quantitative estimate of drug-likeness (QED) is 0.0519. The van der Waals surface area contributed by atoms with Crippen LogP contribution in [-0.2, 0) is 40.1 Å². The second-order valence-corrected chi connectivity index (χ2v) is 46.4. The van der Waals surface area contributed by atoms with Gasteiger partial charge in [-0.3, -0.25) is 4.98 Å². The largest absolute Gasteiger partial charge is 0.367 e. The number of sulfonamides is 4. The molecule has 6 saturated carbocycles. The lowest BCUT2D eigenvalue weighted by Gasteiger charge is -2.48. The topological polar surface area (TPSA) is 330 Å². The number of pyridine rings is 1. The van der Waals surface area contributed by atoms with Crippen molar-refractivity contribution in [3.63, 3.8) is 0 Å². The predicted octanol–water partition coefficient (Wildman–Crippen LogP) is 16.0. The average Bonchev–Trinajstić information content (AvgIpc) is 0.805. The molecule has 0 bridgehead atoms. The van der Waals surface area contributed by atoms with Crippen molar-refractivity contribution in [3.05, 3.63) is 193 Å². The highest BCUT2D eigenvalue weighted by Gasteiger charge is 2.48. The summed E-state index contributed by atoms with van der Waals surface area (Å²) in [7, 11) is -9.66. The number of hydrogen-bond acceptors (Lipinski definition) is 26. The summed E-state index contributed by atoms with van der Waals surface area (Å²) in [4.78, 5) is 54.7. The molecule has 0 spiro atoms. The van der Waals surface area contributed by atoms with Crippen LogP contribution in [0.1, 0.15) is 141 Å². The van der Waals surface area contributed by atoms with Gasteiger partial charge in [-0.05, 0) is 200 Å². The normalized spacial score (nSPS) is 21.4. The number of nitrogens with one attached hydrogen (secondary N) is 4. The number of anilines is 8. The van der Waals surface area contributed by atoms with Crippen LogP contribution in [0, 0.1) is 11.8 Å². The molecule has 10 aliphatic rings. The molecule has 22 rings (SSSR count). The van der Waals surface area contributed by atoms with E-state index in [0.717, 1.165) is 124 Å². The summed E-state index contributed by atoms with van der Waals surface area (Å²) in [6.07, 6.45) is 29.1. The summed E-state index contributed by atoms with van der Waals surface area (Å²) in [6.45, 7) is 7.89. The van der Waals surface area contributed by atoms with Crippen molar-refractivity contribution in [3.8, 4) is 0 Å². The maximum atomic E-state index is 14.0. The summed E-state index contributed by atoms with van der Waals surface area (Å²) in [5.41, 5.74) is 3.65. The van der Waals surface area contributed by atoms with Crippen molar-refractivity contribution in [2.24, 2.45) is 11.8 Å². The Kier molecular flexibility index (Phi) is 29.3. The molecule has 4 unspecified atom stereocenters. The molecule has 6 aliphatic carbocycles. The van der Waals surface area contributed by atoms with Crippen LogP contribution in [0.15, 0.2) is 203 Å². The van der Waals surface area contributed by atoms with Gasteiger partial charge in [0.1, 0.15) is 23.3 Å². The van der Waals surface area contributed by atoms with Crippen molar-refractivity contribution >= 4 is 153 Å². The predicted molar refractivity (Wildman–Crippen MR) is 543 cm³/mol. The minimum Gasteiger partial charge on any atom is -0.367 e. The van der Waals surface area contributed by atoms with Crippen molar-refractivity contribution in [2.75, 3.05) is 160 Å². The van der Waals surface area contributed by atoms with E-state index in [1.54, 1.807) is 92.0 Å². The number of piperazine rings is 4. The Morgan fingerprint density at radius 1 is 0.309 bits per heavy atom. The van der Waals surface area contributed by atoms with Crippen LogP contribution in [0.2, 0.25) is 5.02 Å². The van der Waals surface area contributed by atoms with Crippen molar-refractivity contribution in [2.45, 2.75) is 191 Å². The minimum atomic E-state index is -3.63. The SMILES string of the molecule is CN(C)C1CCCC2C1CCCC2S(=O)(=O)N1CCN(c2nc(NC3CCCC3)c3ccccc3n2)CC1.O=S(=O)(c1ccc(Cl)cc1)N1CCN(c2nc(NC3CCCC3)c3ccccc3n2)CC1.O=S(=O)(c1cccc2cnccc12)N1CCN(c2nc(NC3CCCC3)c3ccccc3n2)CC1.O=S(=O)(c1ccccc1)N1CCN(c2nc(NC3CCCC3)c3ccccc3n2)CC1. The molecule has 12 aromatic rings. The molecule has 0 amide bonds. The van der Waals surface area contributed by atoms with E-state index in [0.29, 0.717) is 191 Å². The van der Waals surface area contributed by atoms with E-state index in [-0.39, 0.29) is 10.1 Å². The first-order valence-electron chi connectivity index (χ1n) is 49.1. The summed E-state index contributed by atoms with van der Waals surface area (Å²) >= 11 is 5.91. The highest BCUT2D eigenvalue weighted by Crippen LogP contribution is 2.46. The molecule has 7 aromatic carbocycles. The van der Waals surface area contributed by atoms with E-state index in [2.05, 4.69) is 83.0 Å².